The van der Waals surface area contributed by atoms with Crippen LogP contribution in [0, 0.1) is 18.3 Å². The van der Waals surface area contributed by atoms with E-state index in [2.05, 4.69) is 10.3 Å². The van der Waals surface area contributed by atoms with Gasteiger partial charge in [-0.1, -0.05) is 53.5 Å². The number of benzene rings is 2. The monoisotopic (exact) mass is 381 g/mol. The molecule has 0 atom stereocenters. The average Bonchev–Trinajstić information content (AvgIpc) is 2.62. The summed E-state index contributed by atoms with van der Waals surface area (Å²) in [5.41, 5.74) is 2.61. The van der Waals surface area contributed by atoms with Crippen molar-refractivity contribution in [3.63, 3.8) is 0 Å². The second kappa shape index (κ2) is 7.57. The number of halogens is 2. The maximum atomic E-state index is 12.4. The van der Waals surface area contributed by atoms with Gasteiger partial charge in [-0.15, -0.1) is 0 Å². The van der Waals surface area contributed by atoms with Crippen LogP contribution in [0.3, 0.4) is 0 Å². The number of carbonyl (C=O) groups is 1. The number of aromatic nitrogens is 1. The fourth-order valence-electron chi connectivity index (χ4n) is 2.50. The first-order valence-corrected chi connectivity index (χ1v) is 8.48. The van der Waals surface area contributed by atoms with E-state index in [0.717, 1.165) is 16.5 Å². The first-order valence-electron chi connectivity index (χ1n) is 7.73. The molecule has 2 aromatic carbocycles. The topological polar surface area (TPSA) is 65.8 Å². The van der Waals surface area contributed by atoms with E-state index < -0.39 is 5.91 Å². The van der Waals surface area contributed by atoms with Gasteiger partial charge in [-0.3, -0.25) is 4.79 Å². The Morgan fingerprint density at radius 2 is 1.96 bits per heavy atom. The van der Waals surface area contributed by atoms with Crippen molar-refractivity contribution in [1.82, 2.24) is 4.98 Å². The second-order valence-electron chi connectivity index (χ2n) is 5.62. The molecule has 3 aromatic rings. The number of para-hydroxylation sites is 2. The molecule has 0 bridgehead atoms. The second-order valence-corrected chi connectivity index (χ2v) is 6.38. The molecule has 0 fully saturated rings. The lowest BCUT2D eigenvalue weighted by molar-refractivity contribution is -0.112. The van der Waals surface area contributed by atoms with E-state index in [4.69, 9.17) is 23.2 Å². The maximum Gasteiger partial charge on any atom is 0.266 e. The minimum atomic E-state index is -0.569. The molecule has 1 aromatic heterocycles. The molecule has 0 saturated carbocycles. The maximum absolute atomic E-state index is 12.4. The van der Waals surface area contributed by atoms with Crippen molar-refractivity contribution < 1.29 is 4.79 Å². The van der Waals surface area contributed by atoms with Crippen molar-refractivity contribution in [2.75, 3.05) is 5.32 Å². The van der Waals surface area contributed by atoms with Crippen molar-refractivity contribution in [3.05, 3.63) is 75.4 Å². The summed E-state index contributed by atoms with van der Waals surface area (Å²) in [6.45, 7) is 1.94. The molecule has 1 N–H and O–H groups in total. The van der Waals surface area contributed by atoms with Crippen LogP contribution in [0.4, 0.5) is 5.69 Å². The number of anilines is 1. The Balaban J connectivity index is 1.98. The van der Waals surface area contributed by atoms with E-state index in [1.54, 1.807) is 30.3 Å². The van der Waals surface area contributed by atoms with E-state index in [1.807, 2.05) is 31.2 Å². The summed E-state index contributed by atoms with van der Waals surface area (Å²) in [5, 5.41) is 13.5. The summed E-state index contributed by atoms with van der Waals surface area (Å²) in [5.74, 6) is -0.569. The molecule has 0 spiro atoms. The van der Waals surface area contributed by atoms with Crippen LogP contribution in [0.25, 0.3) is 17.0 Å². The summed E-state index contributed by atoms with van der Waals surface area (Å²) >= 11 is 12.3. The first-order chi connectivity index (χ1) is 12.5. The predicted molar refractivity (Wildman–Crippen MR) is 105 cm³/mol. The molecule has 3 rings (SSSR count). The molecule has 0 aliphatic heterocycles. The minimum absolute atomic E-state index is 0.0966. The third-order valence-electron chi connectivity index (χ3n) is 3.82. The molecule has 1 amide bonds. The average molecular weight is 382 g/mol. The summed E-state index contributed by atoms with van der Waals surface area (Å²) in [7, 11) is 0. The fourth-order valence-corrected chi connectivity index (χ4v) is 2.87. The number of rotatable bonds is 3. The van der Waals surface area contributed by atoms with E-state index in [0.29, 0.717) is 16.3 Å². The molecule has 6 heteroatoms. The molecular formula is C20H13Cl2N3O. The van der Waals surface area contributed by atoms with Crippen LogP contribution in [-0.4, -0.2) is 10.9 Å². The van der Waals surface area contributed by atoms with E-state index in [1.165, 1.54) is 6.08 Å². The standard InChI is InChI=1S/C20H13Cl2N3O/c1-12-5-4-6-13-9-14(19(22)25-18(12)13)10-15(11-23)20(26)24-17-8-3-2-7-16(17)21/h2-10H,1H3,(H,24,26)/b15-10+. The van der Waals surface area contributed by atoms with Crippen molar-refractivity contribution >= 4 is 51.8 Å². The molecular weight excluding hydrogens is 369 g/mol. The predicted octanol–water partition coefficient (Wildman–Crippen LogP) is 5.40. The Labute approximate surface area is 160 Å². The number of pyridine rings is 1. The zero-order valence-corrected chi connectivity index (χ0v) is 15.3. The molecule has 4 nitrogen and oxygen atoms in total. The molecule has 0 aliphatic rings. The Hall–Kier alpha value is -2.87. The van der Waals surface area contributed by atoms with E-state index >= 15 is 0 Å². The van der Waals surface area contributed by atoms with Crippen molar-refractivity contribution in [2.24, 2.45) is 0 Å². The van der Waals surface area contributed by atoms with Crippen LogP contribution >= 0.6 is 23.2 Å². The molecule has 0 saturated heterocycles. The van der Waals surface area contributed by atoms with Gasteiger partial charge < -0.3 is 5.32 Å². The van der Waals surface area contributed by atoms with Gasteiger partial charge in [0.05, 0.1) is 16.2 Å². The molecule has 1 heterocycles. The highest BCUT2D eigenvalue weighted by atomic mass is 35.5. The zero-order valence-electron chi connectivity index (χ0n) is 13.8. The number of fused-ring (bicyclic) bond motifs is 1. The SMILES string of the molecule is Cc1cccc2cc(/C=C(\C#N)C(=O)Nc3ccccc3Cl)c(Cl)nc12. The molecule has 128 valence electrons. The highest BCUT2D eigenvalue weighted by molar-refractivity contribution is 6.34. The van der Waals surface area contributed by atoms with Gasteiger partial charge in [0.2, 0.25) is 0 Å². The molecule has 26 heavy (non-hydrogen) atoms. The summed E-state index contributed by atoms with van der Waals surface area (Å²) < 4.78 is 0. The van der Waals surface area contributed by atoms with Crippen molar-refractivity contribution in [1.29, 1.82) is 5.26 Å². The van der Waals surface area contributed by atoms with Crippen LogP contribution in [0.2, 0.25) is 10.2 Å². The van der Waals surface area contributed by atoms with Crippen molar-refractivity contribution in [3.8, 4) is 6.07 Å². The fraction of sp³-hybridized carbons (Fsp3) is 0.0500. The lowest BCUT2D eigenvalue weighted by atomic mass is 10.1. The Morgan fingerprint density at radius 3 is 2.69 bits per heavy atom. The van der Waals surface area contributed by atoms with Gasteiger partial charge in [0.1, 0.15) is 16.8 Å². The zero-order chi connectivity index (χ0) is 18.7. The summed E-state index contributed by atoms with van der Waals surface area (Å²) in [6, 6.07) is 16.3. The van der Waals surface area contributed by atoms with Crippen LogP contribution in [0.1, 0.15) is 11.1 Å². The number of nitrogens with one attached hydrogen (secondary N) is 1. The molecule has 0 radical (unpaired) electrons. The number of nitrogens with zero attached hydrogens (tertiary/aromatic N) is 2. The van der Waals surface area contributed by atoms with Crippen LogP contribution < -0.4 is 5.32 Å². The highest BCUT2D eigenvalue weighted by Gasteiger charge is 2.13. The quantitative estimate of drug-likeness (QED) is 0.375. The van der Waals surface area contributed by atoms with E-state index in [9.17, 15) is 10.1 Å². The van der Waals surface area contributed by atoms with Gasteiger partial charge in [0, 0.05) is 10.9 Å². The Morgan fingerprint density at radius 1 is 1.19 bits per heavy atom. The van der Waals surface area contributed by atoms with Gasteiger partial charge in [-0.05, 0) is 36.8 Å². The van der Waals surface area contributed by atoms with Crippen LogP contribution in [0.15, 0.2) is 54.1 Å². The number of carbonyl (C=O) groups excluding carboxylic acids is 1. The van der Waals surface area contributed by atoms with Gasteiger partial charge in [-0.25, -0.2) is 4.98 Å². The van der Waals surface area contributed by atoms with Gasteiger partial charge >= 0.3 is 0 Å². The lowest BCUT2D eigenvalue weighted by Gasteiger charge is -2.07. The number of nitriles is 1. The normalized spacial score (nSPS) is 11.2. The van der Waals surface area contributed by atoms with Gasteiger partial charge in [0.15, 0.2) is 0 Å². The largest absolute Gasteiger partial charge is 0.320 e. The van der Waals surface area contributed by atoms with Crippen LogP contribution in [-0.2, 0) is 4.79 Å². The number of hydrogen-bond donors (Lipinski definition) is 1. The number of aryl methyl sites for hydroxylation is 1. The molecule has 0 aliphatic carbocycles. The van der Waals surface area contributed by atoms with Gasteiger partial charge in [0.25, 0.3) is 5.91 Å². The van der Waals surface area contributed by atoms with Crippen LogP contribution in [0.5, 0.6) is 0 Å². The summed E-state index contributed by atoms with van der Waals surface area (Å²) in [4.78, 5) is 16.8. The third-order valence-corrected chi connectivity index (χ3v) is 4.45. The Bertz CT molecular complexity index is 1080. The lowest BCUT2D eigenvalue weighted by Crippen LogP contribution is -2.13. The third kappa shape index (κ3) is 3.70. The smallest absolute Gasteiger partial charge is 0.266 e. The first kappa shape index (κ1) is 17.9. The number of hydrogen-bond acceptors (Lipinski definition) is 3. The number of amides is 1. The Kier molecular flexibility index (Phi) is 5.22. The summed E-state index contributed by atoms with van der Waals surface area (Å²) in [6.07, 6.45) is 1.42. The van der Waals surface area contributed by atoms with Crippen molar-refractivity contribution in [2.45, 2.75) is 6.92 Å². The molecule has 0 unspecified atom stereocenters. The van der Waals surface area contributed by atoms with E-state index in [-0.39, 0.29) is 10.7 Å². The highest BCUT2D eigenvalue weighted by Crippen LogP contribution is 2.25. The minimum Gasteiger partial charge on any atom is -0.320 e. The van der Waals surface area contributed by atoms with Gasteiger partial charge in [-0.2, -0.15) is 5.26 Å².